The van der Waals surface area contributed by atoms with Crippen LogP contribution in [-0.2, 0) is 32.4 Å². The smallest absolute Gasteiger partial charge is 0.412 e. The lowest BCUT2D eigenvalue weighted by Gasteiger charge is -2.43. The number of aromatic amines is 1. The summed E-state index contributed by atoms with van der Waals surface area (Å²) in [6.07, 6.45) is -3.40. The average molecular weight is 709 g/mol. The minimum Gasteiger partial charge on any atom is -0.438 e. The van der Waals surface area contributed by atoms with Gasteiger partial charge in [0.2, 0.25) is 0 Å². The lowest BCUT2D eigenvalue weighted by molar-refractivity contribution is -0.149. The van der Waals surface area contributed by atoms with Gasteiger partial charge in [-0.1, -0.05) is 39.0 Å². The topological polar surface area (TPSA) is 152 Å². The predicted octanol–water partition coefficient (Wildman–Crippen LogP) is 4.86. The molecule has 0 saturated carbocycles. The molecule has 2 N–H and O–H groups in total. The zero-order chi connectivity index (χ0) is 35.0. The number of fused-ring (bicyclic) bond motifs is 1. The molecule has 0 spiro atoms. The van der Waals surface area contributed by atoms with Crippen LogP contribution in [-0.4, -0.2) is 91.7 Å². The Kier molecular flexibility index (Phi) is 11.3. The van der Waals surface area contributed by atoms with Gasteiger partial charge in [0, 0.05) is 43.6 Å². The molecule has 0 bridgehead atoms. The summed E-state index contributed by atoms with van der Waals surface area (Å²) in [5, 5.41) is 2.71. The van der Waals surface area contributed by atoms with Crippen LogP contribution in [0.4, 0.5) is 10.5 Å². The Labute approximate surface area is 283 Å². The Morgan fingerprint density at radius 1 is 1.17 bits per heavy atom. The van der Waals surface area contributed by atoms with Crippen molar-refractivity contribution in [2.24, 2.45) is 0 Å². The van der Waals surface area contributed by atoms with E-state index in [9.17, 15) is 14.4 Å². The first-order valence-corrected chi connectivity index (χ1v) is 20.3. The molecule has 16 heteroatoms. The first kappa shape index (κ1) is 36.8. The van der Waals surface area contributed by atoms with E-state index in [2.05, 4.69) is 48.8 Å². The molecule has 3 aliphatic heterocycles. The lowest BCUT2D eigenvalue weighted by atomic mass is 10.1. The van der Waals surface area contributed by atoms with E-state index in [1.54, 1.807) is 19.1 Å². The number of H-pyrrole nitrogens is 1. The van der Waals surface area contributed by atoms with Crippen LogP contribution in [0.3, 0.4) is 0 Å². The Hall–Kier alpha value is -2.46. The fraction of sp³-hybridized carbons (Fsp3) is 0.656. The van der Waals surface area contributed by atoms with Gasteiger partial charge in [0.1, 0.15) is 24.5 Å². The second-order valence-corrected chi connectivity index (χ2v) is 20.4. The van der Waals surface area contributed by atoms with Crippen LogP contribution in [0.25, 0.3) is 0 Å². The Balaban J connectivity index is 1.38. The van der Waals surface area contributed by atoms with E-state index in [4.69, 9.17) is 32.4 Å². The number of aromatic nitrogens is 2. The van der Waals surface area contributed by atoms with Crippen molar-refractivity contribution in [3.05, 3.63) is 62.9 Å². The molecule has 8 atom stereocenters. The first-order valence-electron chi connectivity index (χ1n) is 16.3. The van der Waals surface area contributed by atoms with Crippen molar-refractivity contribution in [1.29, 1.82) is 0 Å². The molecule has 0 aliphatic carbocycles. The van der Waals surface area contributed by atoms with Crippen LogP contribution in [0.2, 0.25) is 18.1 Å². The molecule has 0 radical (unpaired) electrons. The standard InChI is InChI=1S/C32H49N4O10PSi/c1-19(2)36-17-23-26(27(29(40-7)43-23)44-31(39)33-21-13-11-10-12-14-21)46-47(36)45-22-15-25(35-16-20(3)28(37)34-30(35)38)42-24(22)18-41-48(8,9)32(4,5)6/h10-14,16,19,22-27,29H,15,17-18H2,1-9H3,(H,33,39)(H,34,37,38)/t22-,23+,24+,25+,26-,27+,29-,47?/m0/s1. The van der Waals surface area contributed by atoms with Gasteiger partial charge in [-0.25, -0.2) is 14.3 Å². The summed E-state index contributed by atoms with van der Waals surface area (Å²) < 4.78 is 47.6. The van der Waals surface area contributed by atoms with Crippen LogP contribution < -0.4 is 16.6 Å². The van der Waals surface area contributed by atoms with Gasteiger partial charge in [-0.2, -0.15) is 0 Å². The number of carbonyl (C=O) groups excluding carboxylic acids is 1. The average Bonchev–Trinajstić information content (AvgIpc) is 3.57. The number of hydrogen-bond acceptors (Lipinski definition) is 11. The van der Waals surface area contributed by atoms with Crippen LogP contribution in [0.1, 0.15) is 52.8 Å². The third-order valence-electron chi connectivity index (χ3n) is 9.42. The SMILES string of the molecule is CO[C@H]1O[C@@H]2CN(C(C)C)P(O[C@H]3C[C@H](n4cc(C)c(=O)[nH]c4=O)O[C@@H]3CO[Si](C)(C)C(C)(C)C)O[C@@H]2[C@H]1OC(=O)Nc1ccccc1. The number of benzene rings is 1. The van der Waals surface area contributed by atoms with E-state index in [-0.39, 0.29) is 17.7 Å². The van der Waals surface area contributed by atoms with Gasteiger partial charge in [-0.3, -0.25) is 19.7 Å². The molecule has 2 aromatic rings. The van der Waals surface area contributed by atoms with E-state index in [0.29, 0.717) is 24.2 Å². The highest BCUT2D eigenvalue weighted by Gasteiger charge is 2.55. The molecular formula is C32H49N4O10PSi. The molecule has 1 unspecified atom stereocenters. The molecule has 4 heterocycles. The summed E-state index contributed by atoms with van der Waals surface area (Å²) in [5.41, 5.74) is -0.0194. The number of nitrogens with one attached hydrogen (secondary N) is 2. The van der Waals surface area contributed by atoms with E-state index in [1.807, 2.05) is 32.0 Å². The van der Waals surface area contributed by atoms with Gasteiger partial charge < -0.3 is 32.4 Å². The van der Waals surface area contributed by atoms with Crippen molar-refractivity contribution < 1.29 is 37.2 Å². The zero-order valence-electron chi connectivity index (χ0n) is 29.1. The molecule has 3 fully saturated rings. The van der Waals surface area contributed by atoms with Gasteiger partial charge >= 0.3 is 11.8 Å². The van der Waals surface area contributed by atoms with Gasteiger partial charge in [0.25, 0.3) is 14.1 Å². The summed E-state index contributed by atoms with van der Waals surface area (Å²) in [5.74, 6) is 0. The molecule has 1 aromatic heterocycles. The minimum absolute atomic E-state index is 0.0209. The molecule has 5 rings (SSSR count). The number of para-hydroxylation sites is 1. The highest BCUT2D eigenvalue weighted by Crippen LogP contribution is 2.55. The molecule has 1 aromatic carbocycles. The maximum Gasteiger partial charge on any atom is 0.412 e. The van der Waals surface area contributed by atoms with Crippen molar-refractivity contribution in [1.82, 2.24) is 14.2 Å². The summed E-state index contributed by atoms with van der Waals surface area (Å²) in [4.78, 5) is 40.3. The van der Waals surface area contributed by atoms with Crippen LogP contribution in [0, 0.1) is 6.92 Å². The minimum atomic E-state index is -2.17. The van der Waals surface area contributed by atoms with Crippen LogP contribution >= 0.6 is 8.53 Å². The molecular weight excluding hydrogens is 659 g/mol. The number of amides is 1. The summed E-state index contributed by atoms with van der Waals surface area (Å²) in [6.45, 7) is 17.3. The van der Waals surface area contributed by atoms with Gasteiger partial charge in [-0.15, -0.1) is 0 Å². The summed E-state index contributed by atoms with van der Waals surface area (Å²) in [6, 6.07) is 9.03. The third-order valence-corrected chi connectivity index (χ3v) is 15.8. The van der Waals surface area contributed by atoms with E-state index in [1.165, 1.54) is 17.9 Å². The molecule has 3 saturated heterocycles. The van der Waals surface area contributed by atoms with Crippen molar-refractivity contribution in [2.75, 3.05) is 25.6 Å². The second kappa shape index (κ2) is 14.8. The monoisotopic (exact) mass is 708 g/mol. The van der Waals surface area contributed by atoms with Crippen LogP contribution in [0.15, 0.2) is 46.1 Å². The first-order chi connectivity index (χ1) is 22.6. The highest BCUT2D eigenvalue weighted by atomic mass is 31.2. The quantitative estimate of drug-likeness (QED) is 0.257. The van der Waals surface area contributed by atoms with Crippen molar-refractivity contribution in [2.45, 2.75) is 115 Å². The molecule has 48 heavy (non-hydrogen) atoms. The number of aryl methyl sites for hydroxylation is 1. The van der Waals surface area contributed by atoms with Crippen molar-refractivity contribution in [3.8, 4) is 0 Å². The lowest BCUT2D eigenvalue weighted by Crippen LogP contribution is -2.49. The Morgan fingerprint density at radius 3 is 2.52 bits per heavy atom. The molecule has 1 amide bonds. The molecule has 3 aliphatic rings. The van der Waals surface area contributed by atoms with Gasteiger partial charge in [-0.05, 0) is 51.0 Å². The number of carbonyl (C=O) groups is 1. The van der Waals surface area contributed by atoms with Crippen molar-refractivity contribution in [3.63, 3.8) is 0 Å². The number of hydrogen-bond donors (Lipinski definition) is 2. The zero-order valence-corrected chi connectivity index (χ0v) is 31.0. The molecule has 14 nitrogen and oxygen atoms in total. The number of anilines is 1. The maximum absolute atomic E-state index is 12.9. The second-order valence-electron chi connectivity index (χ2n) is 14.2. The highest BCUT2D eigenvalue weighted by molar-refractivity contribution is 7.44. The molecule has 266 valence electrons. The predicted molar refractivity (Wildman–Crippen MR) is 182 cm³/mol. The maximum atomic E-state index is 12.9. The number of rotatable bonds is 10. The van der Waals surface area contributed by atoms with E-state index in [0.717, 1.165) is 0 Å². The van der Waals surface area contributed by atoms with E-state index < -0.39 is 77.2 Å². The fourth-order valence-corrected chi connectivity index (χ4v) is 8.42. The van der Waals surface area contributed by atoms with Gasteiger partial charge in [0.05, 0.1) is 12.7 Å². The number of nitrogens with zero attached hydrogens (tertiary/aromatic N) is 2. The van der Waals surface area contributed by atoms with Gasteiger partial charge in [0.15, 0.2) is 20.7 Å². The normalized spacial score (nSPS) is 29.6. The largest absolute Gasteiger partial charge is 0.438 e. The third kappa shape index (κ3) is 8.11. The van der Waals surface area contributed by atoms with Crippen molar-refractivity contribution >= 4 is 28.6 Å². The van der Waals surface area contributed by atoms with Crippen LogP contribution in [0.5, 0.6) is 0 Å². The number of methoxy groups -OCH3 is 1. The Bertz CT molecular complexity index is 1530. The van der Waals surface area contributed by atoms with E-state index >= 15 is 0 Å². The Morgan fingerprint density at radius 2 is 1.88 bits per heavy atom. The fourth-order valence-electron chi connectivity index (χ4n) is 5.53. The number of ether oxygens (including phenoxy) is 4. The summed E-state index contributed by atoms with van der Waals surface area (Å²) in [7, 11) is -2.39. The summed E-state index contributed by atoms with van der Waals surface area (Å²) >= 11 is 0.